The molecule has 1 aromatic carbocycles. The van der Waals surface area contributed by atoms with Gasteiger partial charge in [0.2, 0.25) is 0 Å². The van der Waals surface area contributed by atoms with Gasteiger partial charge in [0.15, 0.2) is 0 Å². The number of piperidine rings is 1. The normalized spacial score (nSPS) is 17.7. The van der Waals surface area contributed by atoms with Crippen LogP contribution in [0.3, 0.4) is 0 Å². The fraction of sp³-hybridized carbons (Fsp3) is 0.286. The van der Waals surface area contributed by atoms with Crippen LogP contribution in [0.1, 0.15) is 30.0 Å². The molecule has 0 bridgehead atoms. The highest BCUT2D eigenvalue weighted by molar-refractivity contribution is 5.52. The Bertz CT molecular complexity index is 973. The largest absolute Gasteiger partial charge is 0.306 e. The lowest BCUT2D eigenvalue weighted by Crippen LogP contribution is -2.35. The van der Waals surface area contributed by atoms with Gasteiger partial charge in [-0.2, -0.15) is 0 Å². The van der Waals surface area contributed by atoms with E-state index in [1.54, 1.807) is 24.5 Å². The molecular weight excluding hydrogens is 343 g/mol. The SMILES string of the molecule is O=c1cc([C@@H]2CCCN(Cc3ccccc3F)C2)nc(-c2cccnc2)[nH]1. The van der Waals surface area contributed by atoms with Gasteiger partial charge >= 0.3 is 0 Å². The number of aromatic amines is 1. The van der Waals surface area contributed by atoms with Crippen LogP contribution in [-0.4, -0.2) is 32.9 Å². The molecule has 1 N–H and O–H groups in total. The molecule has 5 nitrogen and oxygen atoms in total. The molecule has 0 saturated carbocycles. The lowest BCUT2D eigenvalue weighted by atomic mass is 9.94. The van der Waals surface area contributed by atoms with Crippen molar-refractivity contribution in [3.05, 3.63) is 82.3 Å². The number of hydrogen-bond acceptors (Lipinski definition) is 4. The van der Waals surface area contributed by atoms with Gasteiger partial charge in [-0.05, 0) is 37.6 Å². The molecular formula is C21H21FN4O. The second kappa shape index (κ2) is 7.80. The van der Waals surface area contributed by atoms with Crippen LogP contribution in [0.25, 0.3) is 11.4 Å². The first-order valence-corrected chi connectivity index (χ1v) is 9.16. The molecule has 4 rings (SSSR count). The summed E-state index contributed by atoms with van der Waals surface area (Å²) < 4.78 is 14.0. The lowest BCUT2D eigenvalue weighted by molar-refractivity contribution is 0.196. The number of halogens is 1. The van der Waals surface area contributed by atoms with Gasteiger partial charge in [0.25, 0.3) is 5.56 Å². The minimum absolute atomic E-state index is 0.156. The minimum atomic E-state index is -0.173. The number of pyridine rings is 1. The summed E-state index contributed by atoms with van der Waals surface area (Å²) in [5.74, 6) is 0.521. The smallest absolute Gasteiger partial charge is 0.251 e. The Morgan fingerprint density at radius 2 is 2.11 bits per heavy atom. The van der Waals surface area contributed by atoms with Crippen LogP contribution in [0, 0.1) is 5.82 Å². The second-order valence-electron chi connectivity index (χ2n) is 6.93. The Morgan fingerprint density at radius 3 is 2.93 bits per heavy atom. The van der Waals surface area contributed by atoms with Crippen molar-refractivity contribution in [2.24, 2.45) is 0 Å². The number of nitrogens with zero attached hydrogens (tertiary/aromatic N) is 3. The van der Waals surface area contributed by atoms with E-state index in [2.05, 4.69) is 14.9 Å². The maximum atomic E-state index is 14.0. The Balaban J connectivity index is 1.55. The molecule has 2 aromatic heterocycles. The van der Waals surface area contributed by atoms with Crippen LogP contribution in [0.15, 0.2) is 59.7 Å². The number of hydrogen-bond donors (Lipinski definition) is 1. The molecule has 0 amide bonds. The third-order valence-electron chi connectivity index (χ3n) is 4.97. The first-order chi connectivity index (χ1) is 13.2. The van der Waals surface area contributed by atoms with Gasteiger partial charge in [-0.15, -0.1) is 0 Å². The Morgan fingerprint density at radius 1 is 1.22 bits per heavy atom. The van der Waals surface area contributed by atoms with Crippen LogP contribution in [0.4, 0.5) is 4.39 Å². The van der Waals surface area contributed by atoms with Gasteiger partial charge in [0.05, 0.1) is 5.69 Å². The second-order valence-corrected chi connectivity index (χ2v) is 6.93. The molecule has 138 valence electrons. The number of nitrogens with one attached hydrogen (secondary N) is 1. The van der Waals surface area contributed by atoms with Gasteiger partial charge in [-0.1, -0.05) is 18.2 Å². The number of likely N-dealkylation sites (tertiary alicyclic amines) is 1. The van der Waals surface area contributed by atoms with Crippen LogP contribution < -0.4 is 5.56 Å². The van der Waals surface area contributed by atoms with Gasteiger partial charge in [0.1, 0.15) is 11.6 Å². The molecule has 1 saturated heterocycles. The first kappa shape index (κ1) is 17.5. The molecule has 0 aliphatic carbocycles. The molecule has 1 atom stereocenters. The van der Waals surface area contributed by atoms with E-state index in [-0.39, 0.29) is 17.3 Å². The van der Waals surface area contributed by atoms with E-state index in [0.717, 1.165) is 37.2 Å². The number of benzene rings is 1. The standard InChI is InChI=1S/C21H21FN4O/c22-18-8-2-1-5-16(18)13-26-10-4-7-17(14-26)19-11-20(27)25-21(24-19)15-6-3-9-23-12-15/h1-3,5-6,8-9,11-12,17H,4,7,10,13-14H2,(H,24,25,27)/t17-/m1/s1. The van der Waals surface area contributed by atoms with Crippen molar-refractivity contribution in [1.29, 1.82) is 0 Å². The molecule has 6 heteroatoms. The minimum Gasteiger partial charge on any atom is -0.306 e. The van der Waals surface area contributed by atoms with Crippen molar-refractivity contribution in [3.63, 3.8) is 0 Å². The van der Waals surface area contributed by atoms with E-state index in [1.807, 2.05) is 24.3 Å². The summed E-state index contributed by atoms with van der Waals surface area (Å²) in [4.78, 5) is 26.0. The fourth-order valence-corrected chi connectivity index (χ4v) is 3.63. The molecule has 0 unspecified atom stereocenters. The van der Waals surface area contributed by atoms with E-state index in [4.69, 9.17) is 4.98 Å². The Kier molecular flexibility index (Phi) is 5.07. The third-order valence-corrected chi connectivity index (χ3v) is 4.97. The van der Waals surface area contributed by atoms with Gasteiger partial charge in [-0.3, -0.25) is 14.7 Å². The van der Waals surface area contributed by atoms with Crippen molar-refractivity contribution in [2.45, 2.75) is 25.3 Å². The predicted molar refractivity (Wildman–Crippen MR) is 102 cm³/mol. The van der Waals surface area contributed by atoms with Gasteiger partial charge < -0.3 is 4.98 Å². The van der Waals surface area contributed by atoms with Crippen molar-refractivity contribution >= 4 is 0 Å². The van der Waals surface area contributed by atoms with Crippen LogP contribution in [0.2, 0.25) is 0 Å². The maximum Gasteiger partial charge on any atom is 0.251 e. The molecule has 27 heavy (non-hydrogen) atoms. The summed E-state index contributed by atoms with van der Waals surface area (Å²) in [7, 11) is 0. The average molecular weight is 364 g/mol. The molecule has 3 aromatic rings. The van der Waals surface area contributed by atoms with E-state index in [0.29, 0.717) is 17.9 Å². The van der Waals surface area contributed by atoms with Crippen molar-refractivity contribution in [2.75, 3.05) is 13.1 Å². The zero-order valence-corrected chi connectivity index (χ0v) is 14.9. The number of aromatic nitrogens is 3. The zero-order valence-electron chi connectivity index (χ0n) is 14.9. The fourth-order valence-electron chi connectivity index (χ4n) is 3.63. The zero-order chi connectivity index (χ0) is 18.6. The molecule has 1 aliphatic heterocycles. The molecule has 0 spiro atoms. The highest BCUT2D eigenvalue weighted by atomic mass is 19.1. The maximum absolute atomic E-state index is 14.0. The summed E-state index contributed by atoms with van der Waals surface area (Å²) in [6.45, 7) is 2.25. The van der Waals surface area contributed by atoms with Gasteiger partial charge in [0, 0.05) is 48.6 Å². The Hall–Kier alpha value is -2.86. The third kappa shape index (κ3) is 4.11. The highest BCUT2D eigenvalue weighted by Gasteiger charge is 2.24. The average Bonchev–Trinajstić information content (AvgIpc) is 2.70. The number of rotatable bonds is 4. The van der Waals surface area contributed by atoms with Crippen LogP contribution in [-0.2, 0) is 6.54 Å². The molecule has 3 heterocycles. The lowest BCUT2D eigenvalue weighted by Gasteiger charge is -2.32. The van der Waals surface area contributed by atoms with E-state index >= 15 is 0 Å². The Labute approximate surface area is 156 Å². The quantitative estimate of drug-likeness (QED) is 0.771. The van der Waals surface area contributed by atoms with Gasteiger partial charge in [-0.25, -0.2) is 9.37 Å². The summed E-state index contributed by atoms with van der Waals surface area (Å²) in [5, 5.41) is 0. The van der Waals surface area contributed by atoms with E-state index < -0.39 is 0 Å². The number of H-pyrrole nitrogens is 1. The first-order valence-electron chi connectivity index (χ1n) is 9.16. The molecule has 1 fully saturated rings. The summed E-state index contributed by atoms with van der Waals surface area (Å²) in [5.41, 5.74) is 2.12. The summed E-state index contributed by atoms with van der Waals surface area (Å²) in [6, 6.07) is 12.2. The van der Waals surface area contributed by atoms with Crippen molar-refractivity contribution < 1.29 is 4.39 Å². The predicted octanol–water partition coefficient (Wildman–Crippen LogP) is 3.35. The topological polar surface area (TPSA) is 61.9 Å². The summed E-state index contributed by atoms with van der Waals surface area (Å²) >= 11 is 0. The molecule has 1 aliphatic rings. The molecule has 0 radical (unpaired) electrons. The van der Waals surface area contributed by atoms with E-state index in [9.17, 15) is 9.18 Å². The van der Waals surface area contributed by atoms with Crippen LogP contribution in [0.5, 0.6) is 0 Å². The van der Waals surface area contributed by atoms with Crippen molar-refractivity contribution in [1.82, 2.24) is 19.9 Å². The van der Waals surface area contributed by atoms with Crippen LogP contribution >= 0.6 is 0 Å². The van der Waals surface area contributed by atoms with Crippen molar-refractivity contribution in [3.8, 4) is 11.4 Å². The monoisotopic (exact) mass is 364 g/mol. The summed E-state index contributed by atoms with van der Waals surface area (Å²) in [6.07, 6.45) is 5.34. The van der Waals surface area contributed by atoms with E-state index in [1.165, 1.54) is 6.07 Å². The highest BCUT2D eigenvalue weighted by Crippen LogP contribution is 2.27.